The van der Waals surface area contributed by atoms with Gasteiger partial charge in [0.1, 0.15) is 22.2 Å². The molecule has 0 unspecified atom stereocenters. The Hall–Kier alpha value is -4.61. The Balaban J connectivity index is 0.000000611. The highest BCUT2D eigenvalue weighted by molar-refractivity contribution is 6.29. The number of halogens is 1. The molecule has 0 amide bonds. The van der Waals surface area contributed by atoms with Crippen molar-refractivity contribution in [2.75, 3.05) is 26.0 Å². The molecule has 2 aromatic carbocycles. The van der Waals surface area contributed by atoms with Gasteiger partial charge in [-0.2, -0.15) is 0 Å². The lowest BCUT2D eigenvalue weighted by Gasteiger charge is -2.14. The molecule has 4 N–H and O–H groups in total. The summed E-state index contributed by atoms with van der Waals surface area (Å²) in [7, 11) is 4.11. The molecular weight excluding hydrogens is 512 g/mol. The lowest BCUT2D eigenvalue weighted by molar-refractivity contribution is -0.123. The number of para-hydroxylation sites is 1. The largest absolute Gasteiger partial charge is 0.483 e. The first-order valence-corrected chi connectivity index (χ1v) is 11.7. The van der Waals surface area contributed by atoms with E-state index in [1.165, 1.54) is 0 Å². The quantitative estimate of drug-likeness (QED) is 0.165. The Bertz CT molecular complexity index is 1480. The van der Waals surface area contributed by atoms with Crippen molar-refractivity contribution in [2.24, 2.45) is 0 Å². The maximum atomic E-state index is 8.36. The smallest absolute Gasteiger partial charge is 0.290 e. The van der Waals surface area contributed by atoms with Crippen molar-refractivity contribution in [1.82, 2.24) is 24.4 Å². The molecule has 0 fully saturated rings. The predicted octanol–water partition coefficient (Wildman–Crippen LogP) is 5.07. The summed E-state index contributed by atoms with van der Waals surface area (Å²) in [4.78, 5) is 31.4. The van der Waals surface area contributed by atoms with E-state index in [-0.39, 0.29) is 12.9 Å². The number of benzene rings is 2. The summed E-state index contributed by atoms with van der Waals surface area (Å²) in [5.41, 5.74) is 4.39. The van der Waals surface area contributed by atoms with Crippen LogP contribution in [0.5, 0.6) is 11.5 Å². The number of H-pyrrole nitrogens is 1. The van der Waals surface area contributed by atoms with Crippen molar-refractivity contribution >= 4 is 58.2 Å². The molecule has 0 radical (unpaired) electrons. The topological polar surface area (TPSA) is 146 Å². The highest BCUT2D eigenvalue weighted by Gasteiger charge is 2.15. The van der Waals surface area contributed by atoms with Crippen LogP contribution in [0.2, 0.25) is 5.15 Å². The first kappa shape index (κ1) is 28.0. The normalized spacial score (nSPS) is 10.3. The lowest BCUT2D eigenvalue weighted by atomic mass is 10.3. The minimum Gasteiger partial charge on any atom is -0.483 e. The number of pyridine rings is 1. The molecule has 0 aliphatic rings. The minimum atomic E-state index is -0.250. The van der Waals surface area contributed by atoms with Crippen molar-refractivity contribution < 1.29 is 24.5 Å². The average molecular weight is 539 g/mol. The Kier molecular flexibility index (Phi) is 10.0. The van der Waals surface area contributed by atoms with E-state index in [9.17, 15) is 0 Å². The van der Waals surface area contributed by atoms with Crippen LogP contribution in [-0.4, -0.2) is 68.2 Å². The van der Waals surface area contributed by atoms with Crippen LogP contribution in [-0.2, 0) is 16.1 Å². The van der Waals surface area contributed by atoms with Crippen molar-refractivity contribution in [2.45, 2.75) is 6.54 Å². The first-order chi connectivity index (χ1) is 18.4. The average Bonchev–Trinajstić information content (AvgIpc) is 3.44. The number of aromatic nitrogens is 4. The predicted molar refractivity (Wildman–Crippen MR) is 147 cm³/mol. The van der Waals surface area contributed by atoms with Gasteiger partial charge in [0.15, 0.2) is 0 Å². The molecule has 0 aliphatic carbocycles. The maximum absolute atomic E-state index is 8.36. The van der Waals surface area contributed by atoms with Crippen LogP contribution in [0.1, 0.15) is 0 Å². The Morgan fingerprint density at radius 1 is 1.03 bits per heavy atom. The number of nitrogens with one attached hydrogen (secondary N) is 2. The molecule has 0 saturated heterocycles. The molecule has 0 saturated carbocycles. The van der Waals surface area contributed by atoms with Gasteiger partial charge in [0.25, 0.3) is 12.9 Å². The molecule has 38 heavy (non-hydrogen) atoms. The number of anilines is 2. The summed E-state index contributed by atoms with van der Waals surface area (Å²) in [6, 6.07) is 19.4. The standard InChI is InChI=1S/C24H23ClN6O.2CH2O2/c1-30(2)12-13-31-21-14-17(32-16-6-4-3-5-7-16)8-9-18(21)27-24(31)28-20-15-26-19-10-11-22(25)29-23(19)20;2*2-1-3/h3-11,14-15,26H,12-13H2,1-2H3,(H,27,28);2*1H,(H,2,3). The number of carboxylic acid groups (broad SMARTS) is 2. The highest BCUT2D eigenvalue weighted by Crippen LogP contribution is 2.31. The summed E-state index contributed by atoms with van der Waals surface area (Å²) in [5, 5.41) is 17.7. The van der Waals surface area contributed by atoms with Gasteiger partial charge >= 0.3 is 0 Å². The van der Waals surface area contributed by atoms with Gasteiger partial charge in [0.2, 0.25) is 5.95 Å². The third-order valence-corrected chi connectivity index (χ3v) is 5.41. The monoisotopic (exact) mass is 538 g/mol. The van der Waals surface area contributed by atoms with Crippen LogP contribution < -0.4 is 10.1 Å². The first-order valence-electron chi connectivity index (χ1n) is 11.3. The number of hydrogen-bond acceptors (Lipinski definition) is 7. The zero-order valence-corrected chi connectivity index (χ0v) is 21.5. The minimum absolute atomic E-state index is 0.250. The Morgan fingerprint density at radius 3 is 2.42 bits per heavy atom. The van der Waals surface area contributed by atoms with Crippen LogP contribution in [0.3, 0.4) is 0 Å². The number of ether oxygens (including phenoxy) is 1. The molecule has 0 spiro atoms. The number of rotatable bonds is 7. The van der Waals surface area contributed by atoms with E-state index in [4.69, 9.17) is 41.1 Å². The van der Waals surface area contributed by atoms with Gasteiger partial charge in [-0.05, 0) is 50.5 Å². The molecule has 5 rings (SSSR count). The zero-order valence-electron chi connectivity index (χ0n) is 20.7. The Morgan fingerprint density at radius 2 is 1.74 bits per heavy atom. The molecule has 0 aliphatic heterocycles. The van der Waals surface area contributed by atoms with E-state index in [0.29, 0.717) is 5.15 Å². The number of fused-ring (bicyclic) bond motifs is 2. The molecule has 198 valence electrons. The van der Waals surface area contributed by atoms with Crippen LogP contribution in [0.15, 0.2) is 66.9 Å². The van der Waals surface area contributed by atoms with Gasteiger partial charge in [-0.15, -0.1) is 0 Å². The molecule has 12 heteroatoms. The highest BCUT2D eigenvalue weighted by atomic mass is 35.5. The SMILES string of the molecule is CN(C)CCn1c(Nc2c[nH]c3ccc(Cl)nc23)nc2ccc(Oc3ccccc3)cc21.O=CO.O=CO. The number of aromatic amines is 1. The number of carbonyl (C=O) groups is 2. The summed E-state index contributed by atoms with van der Waals surface area (Å²) >= 11 is 6.12. The van der Waals surface area contributed by atoms with E-state index in [2.05, 4.69) is 38.8 Å². The summed E-state index contributed by atoms with van der Waals surface area (Å²) in [6.07, 6.45) is 1.88. The fourth-order valence-electron chi connectivity index (χ4n) is 3.60. The second-order valence-electron chi connectivity index (χ2n) is 8.02. The molecular formula is C26H27ClN6O5. The van der Waals surface area contributed by atoms with Gasteiger partial charge in [0.05, 0.1) is 22.2 Å². The molecule has 5 aromatic rings. The fraction of sp³-hybridized carbons (Fsp3) is 0.154. The van der Waals surface area contributed by atoms with Gasteiger partial charge in [-0.1, -0.05) is 29.8 Å². The van der Waals surface area contributed by atoms with E-state index in [1.54, 1.807) is 6.07 Å². The number of imidazole rings is 1. The third kappa shape index (κ3) is 7.21. The van der Waals surface area contributed by atoms with Crippen LogP contribution in [0, 0.1) is 0 Å². The van der Waals surface area contributed by atoms with Gasteiger partial charge in [-0.3, -0.25) is 9.59 Å². The van der Waals surface area contributed by atoms with Crippen LogP contribution in [0.4, 0.5) is 11.6 Å². The van der Waals surface area contributed by atoms with Crippen LogP contribution >= 0.6 is 11.6 Å². The molecule has 3 heterocycles. The third-order valence-electron chi connectivity index (χ3n) is 5.20. The van der Waals surface area contributed by atoms with Gasteiger partial charge in [-0.25, -0.2) is 9.97 Å². The fourth-order valence-corrected chi connectivity index (χ4v) is 3.75. The van der Waals surface area contributed by atoms with Gasteiger partial charge < -0.3 is 34.7 Å². The van der Waals surface area contributed by atoms with E-state index < -0.39 is 0 Å². The van der Waals surface area contributed by atoms with Crippen molar-refractivity contribution in [1.29, 1.82) is 0 Å². The molecule has 0 bridgehead atoms. The van der Waals surface area contributed by atoms with E-state index in [0.717, 1.165) is 58.3 Å². The lowest BCUT2D eigenvalue weighted by Crippen LogP contribution is -2.19. The van der Waals surface area contributed by atoms with Crippen LogP contribution in [0.25, 0.3) is 22.1 Å². The van der Waals surface area contributed by atoms with E-state index in [1.807, 2.05) is 60.8 Å². The molecule has 0 atom stereocenters. The molecule has 3 aromatic heterocycles. The second-order valence-corrected chi connectivity index (χ2v) is 8.41. The van der Waals surface area contributed by atoms with E-state index >= 15 is 0 Å². The van der Waals surface area contributed by atoms with Gasteiger partial charge in [0, 0.05) is 25.4 Å². The zero-order chi connectivity index (χ0) is 27.5. The number of nitrogens with zero attached hydrogens (tertiary/aromatic N) is 4. The summed E-state index contributed by atoms with van der Waals surface area (Å²) < 4.78 is 8.21. The number of likely N-dealkylation sites (N-methyl/N-ethyl adjacent to an activating group) is 1. The van der Waals surface area contributed by atoms with Crippen molar-refractivity contribution in [3.8, 4) is 11.5 Å². The summed E-state index contributed by atoms with van der Waals surface area (Å²) in [6.45, 7) is 1.12. The Labute approximate surface area is 223 Å². The van der Waals surface area contributed by atoms with Crippen molar-refractivity contribution in [3.63, 3.8) is 0 Å². The maximum Gasteiger partial charge on any atom is 0.290 e. The number of hydrogen-bond donors (Lipinski definition) is 4. The summed E-state index contributed by atoms with van der Waals surface area (Å²) in [5.74, 6) is 2.30. The van der Waals surface area contributed by atoms with Crippen molar-refractivity contribution in [3.05, 3.63) is 72.0 Å². The second kappa shape index (κ2) is 13.6. The molecule has 11 nitrogen and oxygen atoms in total.